The Morgan fingerprint density at radius 3 is 2.93 bits per heavy atom. The molecule has 0 amide bonds. The predicted molar refractivity (Wildman–Crippen MR) is 63.1 cm³/mol. The van der Waals surface area contributed by atoms with Gasteiger partial charge in [-0.1, -0.05) is 6.42 Å². The molecule has 0 bridgehead atoms. The average Bonchev–Trinajstić information content (AvgIpc) is 2.66. The molecule has 2 nitrogen and oxygen atoms in total. The second kappa shape index (κ2) is 3.56. The molecule has 2 heterocycles. The van der Waals surface area contributed by atoms with Crippen LogP contribution in [0, 0.1) is 19.8 Å². The van der Waals surface area contributed by atoms with Crippen molar-refractivity contribution < 1.29 is 0 Å². The maximum atomic E-state index is 4.50. The fraction of sp³-hybridized carbons (Fsp3) is 0.750. The number of hydrogen-bond acceptors (Lipinski definition) is 3. The molecular formula is C12H18N2S. The van der Waals surface area contributed by atoms with E-state index in [1.807, 2.05) is 11.3 Å². The van der Waals surface area contributed by atoms with E-state index in [1.54, 1.807) is 0 Å². The Morgan fingerprint density at radius 1 is 1.40 bits per heavy atom. The molecule has 1 aliphatic carbocycles. The van der Waals surface area contributed by atoms with Crippen LogP contribution in [0.5, 0.6) is 0 Å². The molecule has 0 radical (unpaired) electrons. The van der Waals surface area contributed by atoms with Crippen LogP contribution in [0.3, 0.4) is 0 Å². The van der Waals surface area contributed by atoms with Crippen LogP contribution in [-0.4, -0.2) is 22.5 Å². The van der Waals surface area contributed by atoms with E-state index in [0.717, 1.165) is 18.5 Å². The Morgan fingerprint density at radius 2 is 2.27 bits per heavy atom. The Hall–Kier alpha value is -0.410. The standard InChI is InChI=1S/C12H18N2S/c1-8-12(15-9(2)13-8)7-14-6-10-4-3-5-11(10)14/h10-11H,3-7H2,1-2H3. The maximum Gasteiger partial charge on any atom is 0.0900 e. The summed E-state index contributed by atoms with van der Waals surface area (Å²) in [5, 5.41) is 1.21. The fourth-order valence-electron chi connectivity index (χ4n) is 3.10. The van der Waals surface area contributed by atoms with Crippen LogP contribution >= 0.6 is 11.3 Å². The van der Waals surface area contributed by atoms with Crippen molar-refractivity contribution >= 4 is 11.3 Å². The molecule has 1 aromatic rings. The second-order valence-corrected chi connectivity index (χ2v) is 6.22. The Kier molecular flexibility index (Phi) is 2.33. The van der Waals surface area contributed by atoms with Gasteiger partial charge in [0, 0.05) is 24.0 Å². The van der Waals surface area contributed by atoms with E-state index in [9.17, 15) is 0 Å². The van der Waals surface area contributed by atoms with Crippen molar-refractivity contribution in [2.24, 2.45) is 5.92 Å². The van der Waals surface area contributed by atoms with Crippen molar-refractivity contribution in [3.63, 3.8) is 0 Å². The third kappa shape index (κ3) is 1.62. The van der Waals surface area contributed by atoms with Crippen LogP contribution in [0.4, 0.5) is 0 Å². The summed E-state index contributed by atoms with van der Waals surface area (Å²) < 4.78 is 0. The van der Waals surface area contributed by atoms with Gasteiger partial charge in [0.1, 0.15) is 0 Å². The van der Waals surface area contributed by atoms with Crippen LogP contribution < -0.4 is 0 Å². The third-order valence-electron chi connectivity index (χ3n) is 3.90. The van der Waals surface area contributed by atoms with Gasteiger partial charge in [0.15, 0.2) is 0 Å². The molecule has 2 fully saturated rings. The lowest BCUT2D eigenvalue weighted by molar-refractivity contribution is 0.0313. The first-order chi connectivity index (χ1) is 7.24. The first-order valence-corrected chi connectivity index (χ1v) is 6.72. The molecule has 2 atom stereocenters. The van der Waals surface area contributed by atoms with Crippen LogP contribution in [-0.2, 0) is 6.54 Å². The van der Waals surface area contributed by atoms with Gasteiger partial charge in [-0.2, -0.15) is 0 Å². The largest absolute Gasteiger partial charge is 0.295 e. The smallest absolute Gasteiger partial charge is 0.0900 e. The van der Waals surface area contributed by atoms with E-state index >= 15 is 0 Å². The minimum Gasteiger partial charge on any atom is -0.295 e. The maximum absolute atomic E-state index is 4.50. The number of aryl methyl sites for hydroxylation is 2. The third-order valence-corrected chi connectivity index (χ3v) is 4.96. The second-order valence-electron chi connectivity index (χ2n) is 4.93. The lowest BCUT2D eigenvalue weighted by atomic mass is 9.92. The van der Waals surface area contributed by atoms with Crippen LogP contribution in [0.25, 0.3) is 0 Å². The molecule has 1 aliphatic heterocycles. The number of thiazole rings is 1. The molecule has 1 saturated heterocycles. The van der Waals surface area contributed by atoms with E-state index in [4.69, 9.17) is 0 Å². The van der Waals surface area contributed by atoms with Gasteiger partial charge >= 0.3 is 0 Å². The zero-order chi connectivity index (χ0) is 10.4. The van der Waals surface area contributed by atoms with Gasteiger partial charge in [0.25, 0.3) is 0 Å². The molecule has 2 unspecified atom stereocenters. The van der Waals surface area contributed by atoms with E-state index in [2.05, 4.69) is 23.7 Å². The minimum absolute atomic E-state index is 0.909. The zero-order valence-electron chi connectivity index (χ0n) is 9.49. The summed E-state index contributed by atoms with van der Waals surface area (Å²) in [6.45, 7) is 6.74. The molecule has 0 spiro atoms. The monoisotopic (exact) mass is 222 g/mol. The number of hydrogen-bond donors (Lipinski definition) is 0. The Bertz CT molecular complexity index is 372. The highest BCUT2D eigenvalue weighted by Crippen LogP contribution is 2.40. The van der Waals surface area contributed by atoms with Gasteiger partial charge in [-0.15, -0.1) is 11.3 Å². The van der Waals surface area contributed by atoms with E-state index in [0.29, 0.717) is 0 Å². The van der Waals surface area contributed by atoms with E-state index < -0.39 is 0 Å². The molecule has 1 saturated carbocycles. The first kappa shape index (κ1) is 9.79. The highest BCUT2D eigenvalue weighted by molar-refractivity contribution is 7.11. The zero-order valence-corrected chi connectivity index (χ0v) is 10.3. The average molecular weight is 222 g/mol. The van der Waals surface area contributed by atoms with Crippen molar-refractivity contribution in [1.82, 2.24) is 9.88 Å². The topological polar surface area (TPSA) is 16.1 Å². The van der Waals surface area contributed by atoms with Crippen LogP contribution in [0.2, 0.25) is 0 Å². The summed E-state index contributed by atoms with van der Waals surface area (Å²) in [7, 11) is 0. The molecule has 1 aromatic heterocycles. The summed E-state index contributed by atoms with van der Waals surface area (Å²) >= 11 is 1.87. The molecule has 82 valence electrons. The number of aromatic nitrogens is 1. The molecule has 3 heteroatoms. The Balaban J connectivity index is 1.68. The predicted octanol–water partition coefficient (Wildman–Crippen LogP) is 2.74. The summed E-state index contributed by atoms with van der Waals surface area (Å²) in [5.74, 6) is 1.03. The van der Waals surface area contributed by atoms with Crippen molar-refractivity contribution in [2.75, 3.05) is 6.54 Å². The summed E-state index contributed by atoms with van der Waals surface area (Å²) in [4.78, 5) is 8.63. The molecule has 15 heavy (non-hydrogen) atoms. The molecule has 2 aliphatic rings. The van der Waals surface area contributed by atoms with Gasteiger partial charge in [-0.25, -0.2) is 4.98 Å². The summed E-state index contributed by atoms with van der Waals surface area (Å²) in [5.41, 5.74) is 1.25. The highest BCUT2D eigenvalue weighted by Gasteiger charge is 2.41. The van der Waals surface area contributed by atoms with Gasteiger partial charge in [0.2, 0.25) is 0 Å². The fourth-order valence-corrected chi connectivity index (χ4v) is 4.06. The SMILES string of the molecule is Cc1nc(C)c(CN2CC3CCCC32)s1. The van der Waals surface area contributed by atoms with Crippen molar-refractivity contribution in [2.45, 2.75) is 45.7 Å². The number of rotatable bonds is 2. The molecule has 3 rings (SSSR count). The van der Waals surface area contributed by atoms with E-state index in [1.165, 1.54) is 41.4 Å². The van der Waals surface area contributed by atoms with E-state index in [-0.39, 0.29) is 0 Å². The lowest BCUT2D eigenvalue weighted by Crippen LogP contribution is -2.52. The van der Waals surface area contributed by atoms with Gasteiger partial charge < -0.3 is 0 Å². The number of nitrogens with zero attached hydrogens (tertiary/aromatic N) is 2. The molecule has 0 N–H and O–H groups in total. The first-order valence-electron chi connectivity index (χ1n) is 5.91. The molecular weight excluding hydrogens is 204 g/mol. The van der Waals surface area contributed by atoms with Crippen LogP contribution in [0.1, 0.15) is 34.8 Å². The summed E-state index contributed by atoms with van der Waals surface area (Å²) in [6, 6.07) is 0.909. The quantitative estimate of drug-likeness (QED) is 0.765. The lowest BCUT2D eigenvalue weighted by Gasteiger charge is -2.44. The minimum atomic E-state index is 0.909. The van der Waals surface area contributed by atoms with Crippen molar-refractivity contribution in [3.05, 3.63) is 15.6 Å². The van der Waals surface area contributed by atoms with Gasteiger partial charge in [0.05, 0.1) is 10.7 Å². The number of likely N-dealkylation sites (tertiary alicyclic amines) is 1. The van der Waals surface area contributed by atoms with Crippen molar-refractivity contribution in [3.8, 4) is 0 Å². The summed E-state index contributed by atoms with van der Waals surface area (Å²) in [6.07, 6.45) is 4.36. The normalized spacial score (nSPS) is 30.3. The Labute approximate surface area is 95.3 Å². The highest BCUT2D eigenvalue weighted by atomic mass is 32.1. The van der Waals surface area contributed by atoms with Crippen LogP contribution in [0.15, 0.2) is 0 Å². The van der Waals surface area contributed by atoms with Gasteiger partial charge in [-0.3, -0.25) is 4.90 Å². The number of fused-ring (bicyclic) bond motifs is 1. The molecule has 0 aromatic carbocycles. The van der Waals surface area contributed by atoms with Crippen molar-refractivity contribution in [1.29, 1.82) is 0 Å². The van der Waals surface area contributed by atoms with Gasteiger partial charge in [-0.05, 0) is 32.6 Å².